The standard InChI is InChI=1S/C23H17F4N3/c24-19-7-4-8-20(13-19)30-15-21(17-5-2-1-3-6-17)29-22(30)28-14-16-9-11-18(12-10-16)23(25,26)27/h1-13,15H,14H2,(H,28,29)/i14D2. The van der Waals surface area contributed by atoms with E-state index < -0.39 is 24.1 Å². The van der Waals surface area contributed by atoms with Crippen LogP contribution in [0, 0.1) is 5.82 Å². The van der Waals surface area contributed by atoms with Gasteiger partial charge in [0.05, 0.1) is 19.7 Å². The van der Waals surface area contributed by atoms with E-state index in [1.165, 1.54) is 22.8 Å². The van der Waals surface area contributed by atoms with Gasteiger partial charge in [-0.15, -0.1) is 0 Å². The number of nitrogens with one attached hydrogen (secondary N) is 1. The van der Waals surface area contributed by atoms with Gasteiger partial charge in [-0.3, -0.25) is 4.57 Å². The average molecular weight is 413 g/mol. The molecule has 0 fully saturated rings. The lowest BCUT2D eigenvalue weighted by Crippen LogP contribution is -2.08. The highest BCUT2D eigenvalue weighted by Gasteiger charge is 2.29. The minimum atomic E-state index is -4.52. The Labute approximate surface area is 173 Å². The molecule has 4 aromatic rings. The number of rotatable bonds is 5. The normalized spacial score (nSPS) is 12.9. The van der Waals surface area contributed by atoms with E-state index >= 15 is 0 Å². The minimum absolute atomic E-state index is 0.0134. The molecule has 0 radical (unpaired) electrons. The maximum Gasteiger partial charge on any atom is 0.416 e. The first-order valence-corrected chi connectivity index (χ1v) is 9.00. The van der Waals surface area contributed by atoms with Gasteiger partial charge >= 0.3 is 6.18 Å². The van der Waals surface area contributed by atoms with Crippen molar-refractivity contribution in [3.8, 4) is 16.9 Å². The molecular formula is C23H17F4N3. The van der Waals surface area contributed by atoms with Crippen LogP contribution in [0.5, 0.6) is 0 Å². The van der Waals surface area contributed by atoms with Gasteiger partial charge in [0.1, 0.15) is 5.82 Å². The van der Waals surface area contributed by atoms with Crippen LogP contribution in [0.25, 0.3) is 16.9 Å². The smallest absolute Gasteiger partial charge is 0.351 e. The fourth-order valence-electron chi connectivity index (χ4n) is 2.91. The molecule has 0 amide bonds. The number of imidazole rings is 1. The first-order chi connectivity index (χ1) is 15.1. The van der Waals surface area contributed by atoms with Gasteiger partial charge in [0.2, 0.25) is 5.95 Å². The molecule has 0 aliphatic rings. The van der Waals surface area contributed by atoms with E-state index in [-0.39, 0.29) is 11.5 Å². The summed E-state index contributed by atoms with van der Waals surface area (Å²) in [5, 5.41) is 2.65. The zero-order valence-corrected chi connectivity index (χ0v) is 15.5. The zero-order valence-electron chi connectivity index (χ0n) is 17.5. The summed E-state index contributed by atoms with van der Waals surface area (Å²) in [5.41, 5.74) is 0.803. The first-order valence-electron chi connectivity index (χ1n) is 10.0. The molecule has 0 aliphatic heterocycles. The van der Waals surface area contributed by atoms with Gasteiger partial charge < -0.3 is 5.32 Å². The summed E-state index contributed by atoms with van der Waals surface area (Å²) in [7, 11) is 0. The van der Waals surface area contributed by atoms with Crippen molar-refractivity contribution < 1.29 is 20.3 Å². The second kappa shape index (κ2) is 8.02. The summed E-state index contributed by atoms with van der Waals surface area (Å²) in [5.74, 6) is -0.409. The molecule has 1 N–H and O–H groups in total. The predicted molar refractivity (Wildman–Crippen MR) is 108 cm³/mol. The second-order valence-corrected chi connectivity index (χ2v) is 6.49. The highest BCUT2D eigenvalue weighted by atomic mass is 19.4. The van der Waals surface area contributed by atoms with Crippen LogP contribution in [0.15, 0.2) is 85.1 Å². The van der Waals surface area contributed by atoms with Crippen LogP contribution in [0.3, 0.4) is 0 Å². The summed E-state index contributed by atoms with van der Waals surface area (Å²) in [6, 6.07) is 18.6. The highest BCUT2D eigenvalue weighted by Crippen LogP contribution is 2.29. The van der Waals surface area contributed by atoms with Gasteiger partial charge in [-0.25, -0.2) is 9.37 Å². The third kappa shape index (κ3) is 4.35. The van der Waals surface area contributed by atoms with Crippen molar-refractivity contribution in [2.75, 3.05) is 5.32 Å². The van der Waals surface area contributed by atoms with Crippen molar-refractivity contribution in [3.05, 3.63) is 102 Å². The van der Waals surface area contributed by atoms with E-state index in [4.69, 9.17) is 2.74 Å². The van der Waals surface area contributed by atoms with Gasteiger partial charge in [0.25, 0.3) is 0 Å². The minimum Gasteiger partial charge on any atom is -0.351 e. The molecule has 3 nitrogen and oxygen atoms in total. The molecule has 0 aliphatic carbocycles. The van der Waals surface area contributed by atoms with Gasteiger partial charge in [0, 0.05) is 18.3 Å². The van der Waals surface area contributed by atoms with Crippen molar-refractivity contribution in [2.24, 2.45) is 0 Å². The molecule has 30 heavy (non-hydrogen) atoms. The Morgan fingerprint density at radius 2 is 1.67 bits per heavy atom. The number of benzene rings is 3. The number of halogens is 4. The maximum absolute atomic E-state index is 13.8. The van der Waals surface area contributed by atoms with E-state index in [9.17, 15) is 17.6 Å². The topological polar surface area (TPSA) is 29.9 Å². The molecule has 0 bridgehead atoms. The summed E-state index contributed by atoms with van der Waals surface area (Å²) >= 11 is 0. The number of aromatic nitrogens is 2. The number of hydrogen-bond donors (Lipinski definition) is 1. The Balaban J connectivity index is 1.74. The van der Waals surface area contributed by atoms with E-state index in [0.717, 1.165) is 29.8 Å². The van der Waals surface area contributed by atoms with Crippen LogP contribution in [0.1, 0.15) is 13.9 Å². The molecule has 0 saturated carbocycles. The van der Waals surface area contributed by atoms with Crippen LogP contribution in [-0.2, 0) is 12.7 Å². The third-order valence-corrected chi connectivity index (χ3v) is 4.39. The molecule has 1 heterocycles. The molecule has 3 aromatic carbocycles. The third-order valence-electron chi connectivity index (χ3n) is 4.39. The quantitative estimate of drug-likeness (QED) is 0.389. The Kier molecular flexibility index (Phi) is 4.62. The second-order valence-electron chi connectivity index (χ2n) is 6.49. The van der Waals surface area contributed by atoms with Crippen molar-refractivity contribution in [3.63, 3.8) is 0 Å². The van der Waals surface area contributed by atoms with Gasteiger partial charge in [-0.1, -0.05) is 48.5 Å². The summed E-state index contributed by atoms with van der Waals surface area (Å²) in [6.07, 6.45) is -2.88. The Hall–Kier alpha value is -3.61. The van der Waals surface area contributed by atoms with Crippen molar-refractivity contribution in [1.82, 2.24) is 9.55 Å². The van der Waals surface area contributed by atoms with E-state index in [2.05, 4.69) is 10.3 Å². The number of nitrogens with zero attached hydrogens (tertiary/aromatic N) is 2. The first kappa shape index (κ1) is 17.3. The fourth-order valence-corrected chi connectivity index (χ4v) is 2.91. The lowest BCUT2D eigenvalue weighted by Gasteiger charge is -2.11. The SMILES string of the molecule is [2H]C([2H])(Nc1nc(-c2ccccc2)cn1-c1cccc(F)c1)c1ccc(C(F)(F)F)cc1. The van der Waals surface area contributed by atoms with E-state index in [1.54, 1.807) is 12.3 Å². The molecule has 0 spiro atoms. The van der Waals surface area contributed by atoms with Crippen LogP contribution in [0.2, 0.25) is 0 Å². The Bertz CT molecular complexity index is 1220. The molecular weight excluding hydrogens is 394 g/mol. The van der Waals surface area contributed by atoms with Gasteiger partial charge in [-0.2, -0.15) is 13.2 Å². The molecule has 152 valence electrons. The Morgan fingerprint density at radius 3 is 2.33 bits per heavy atom. The summed E-state index contributed by atoms with van der Waals surface area (Å²) in [4.78, 5) is 4.46. The van der Waals surface area contributed by atoms with E-state index in [1.807, 2.05) is 30.3 Å². The molecule has 4 rings (SSSR count). The average Bonchev–Trinajstić information content (AvgIpc) is 3.17. The van der Waals surface area contributed by atoms with Crippen molar-refractivity contribution in [1.29, 1.82) is 0 Å². The van der Waals surface area contributed by atoms with Crippen LogP contribution < -0.4 is 5.32 Å². The predicted octanol–water partition coefficient (Wildman–Crippen LogP) is 6.31. The number of alkyl halides is 3. The number of hydrogen-bond acceptors (Lipinski definition) is 2. The monoisotopic (exact) mass is 413 g/mol. The molecule has 7 heteroatoms. The Morgan fingerprint density at radius 1 is 0.933 bits per heavy atom. The van der Waals surface area contributed by atoms with Crippen LogP contribution in [-0.4, -0.2) is 9.55 Å². The zero-order chi connectivity index (χ0) is 22.9. The van der Waals surface area contributed by atoms with Crippen LogP contribution >= 0.6 is 0 Å². The van der Waals surface area contributed by atoms with Gasteiger partial charge in [-0.05, 0) is 35.9 Å². The van der Waals surface area contributed by atoms with Crippen LogP contribution in [0.4, 0.5) is 23.5 Å². The molecule has 1 aromatic heterocycles. The molecule has 0 unspecified atom stereocenters. The molecule has 0 atom stereocenters. The summed E-state index contributed by atoms with van der Waals surface area (Å²) < 4.78 is 70.7. The maximum atomic E-state index is 13.8. The summed E-state index contributed by atoms with van der Waals surface area (Å²) in [6.45, 7) is -2.26. The number of anilines is 1. The fraction of sp³-hybridized carbons (Fsp3) is 0.0870. The highest BCUT2D eigenvalue weighted by molar-refractivity contribution is 5.62. The van der Waals surface area contributed by atoms with Crippen molar-refractivity contribution in [2.45, 2.75) is 12.7 Å². The largest absolute Gasteiger partial charge is 0.416 e. The lowest BCUT2D eigenvalue weighted by molar-refractivity contribution is -0.137. The van der Waals surface area contributed by atoms with E-state index in [0.29, 0.717) is 11.4 Å². The molecule has 0 saturated heterocycles. The lowest BCUT2D eigenvalue weighted by atomic mass is 10.1. The van der Waals surface area contributed by atoms with Gasteiger partial charge in [0.15, 0.2) is 0 Å². The van der Waals surface area contributed by atoms with Crippen molar-refractivity contribution >= 4 is 5.95 Å².